The van der Waals surface area contributed by atoms with Gasteiger partial charge in [-0.25, -0.2) is 4.79 Å². The summed E-state index contributed by atoms with van der Waals surface area (Å²) in [4.78, 5) is 10.9. The average Bonchev–Trinajstić information content (AvgIpc) is 2.26. The van der Waals surface area contributed by atoms with Crippen LogP contribution in [0.25, 0.3) is 0 Å². The monoisotopic (exact) mass is 190 g/mol. The van der Waals surface area contributed by atoms with Gasteiger partial charge < -0.3 is 10.1 Å². The lowest BCUT2D eigenvalue weighted by molar-refractivity contribution is 0.169. The minimum atomic E-state index is -0.663. The molecule has 1 atom stereocenters. The summed E-state index contributed by atoms with van der Waals surface area (Å²) in [6.07, 6.45) is -0.611. The molecule has 0 aliphatic rings. The molecule has 0 saturated heterocycles. The highest BCUT2D eigenvalue weighted by Gasteiger charge is 2.12. The van der Waals surface area contributed by atoms with Gasteiger partial charge in [-0.1, -0.05) is 30.3 Å². The van der Waals surface area contributed by atoms with Gasteiger partial charge in [0.25, 0.3) is 0 Å². The summed E-state index contributed by atoms with van der Waals surface area (Å²) in [6, 6.07) is 10.3. The zero-order valence-corrected chi connectivity index (χ0v) is 7.73. The fraction of sp³-hybridized carbons (Fsp3) is 0.200. The number of hydrogen-bond acceptors (Lipinski definition) is 3. The third kappa shape index (κ3) is 2.49. The molecule has 0 spiro atoms. The summed E-state index contributed by atoms with van der Waals surface area (Å²) in [5.74, 6) is 0. The van der Waals surface area contributed by atoms with Crippen LogP contribution in [0.15, 0.2) is 30.3 Å². The summed E-state index contributed by atoms with van der Waals surface area (Å²) >= 11 is 0. The molecule has 1 unspecified atom stereocenters. The van der Waals surface area contributed by atoms with Crippen molar-refractivity contribution in [3.05, 3.63) is 35.9 Å². The molecule has 0 bridgehead atoms. The molecule has 0 fully saturated rings. The van der Waals surface area contributed by atoms with Crippen LogP contribution >= 0.6 is 0 Å². The average molecular weight is 190 g/mol. The molecule has 0 saturated carbocycles. The predicted molar refractivity (Wildman–Crippen MR) is 50.3 cm³/mol. The first-order chi connectivity index (χ1) is 6.77. The molecule has 72 valence electrons. The van der Waals surface area contributed by atoms with Crippen LogP contribution in [0.2, 0.25) is 0 Å². The molecule has 1 amide bonds. The SMILES string of the molecule is COC(=O)NC(C#N)c1ccccc1. The smallest absolute Gasteiger partial charge is 0.408 e. The first kappa shape index (κ1) is 10.1. The van der Waals surface area contributed by atoms with E-state index < -0.39 is 12.1 Å². The van der Waals surface area contributed by atoms with Gasteiger partial charge in [-0.2, -0.15) is 5.26 Å². The molecule has 1 N–H and O–H groups in total. The van der Waals surface area contributed by atoms with Gasteiger partial charge in [0.2, 0.25) is 0 Å². The Kier molecular flexibility index (Phi) is 3.50. The van der Waals surface area contributed by atoms with Gasteiger partial charge in [0, 0.05) is 0 Å². The second kappa shape index (κ2) is 4.87. The van der Waals surface area contributed by atoms with Gasteiger partial charge in [-0.3, -0.25) is 0 Å². The van der Waals surface area contributed by atoms with E-state index in [9.17, 15) is 4.79 Å². The number of carbonyl (C=O) groups excluding carboxylic acids is 1. The molecular formula is C10H10N2O2. The lowest BCUT2D eigenvalue weighted by Crippen LogP contribution is -2.27. The van der Waals surface area contributed by atoms with E-state index in [4.69, 9.17) is 5.26 Å². The summed E-state index contributed by atoms with van der Waals surface area (Å²) in [5, 5.41) is 11.2. The van der Waals surface area contributed by atoms with Crippen LogP contribution in [0.1, 0.15) is 11.6 Å². The number of hydrogen-bond donors (Lipinski definition) is 1. The zero-order valence-electron chi connectivity index (χ0n) is 7.73. The van der Waals surface area contributed by atoms with E-state index in [1.165, 1.54) is 7.11 Å². The minimum Gasteiger partial charge on any atom is -0.453 e. The number of alkyl carbamates (subject to hydrolysis) is 1. The molecule has 4 nitrogen and oxygen atoms in total. The van der Waals surface area contributed by atoms with Crippen molar-refractivity contribution in [1.82, 2.24) is 5.32 Å². The number of ether oxygens (including phenoxy) is 1. The van der Waals surface area contributed by atoms with Crippen LogP contribution in [0.5, 0.6) is 0 Å². The van der Waals surface area contributed by atoms with Crippen molar-refractivity contribution < 1.29 is 9.53 Å². The van der Waals surface area contributed by atoms with Crippen molar-refractivity contribution in [3.63, 3.8) is 0 Å². The van der Waals surface area contributed by atoms with Gasteiger partial charge in [0.05, 0.1) is 13.2 Å². The third-order valence-electron chi connectivity index (χ3n) is 1.71. The number of nitrogens with zero attached hydrogens (tertiary/aromatic N) is 1. The van der Waals surface area contributed by atoms with Crippen molar-refractivity contribution in [2.24, 2.45) is 0 Å². The Morgan fingerprint density at radius 3 is 2.64 bits per heavy atom. The second-order valence-electron chi connectivity index (χ2n) is 2.61. The van der Waals surface area contributed by atoms with Gasteiger partial charge in [0.15, 0.2) is 0 Å². The molecule has 0 radical (unpaired) electrons. The number of nitrogens with one attached hydrogen (secondary N) is 1. The molecule has 0 heterocycles. The van der Waals surface area contributed by atoms with Crippen molar-refractivity contribution >= 4 is 6.09 Å². The normalized spacial score (nSPS) is 11.1. The molecular weight excluding hydrogens is 180 g/mol. The summed E-state index contributed by atoms with van der Waals surface area (Å²) in [5.41, 5.74) is 0.736. The maximum Gasteiger partial charge on any atom is 0.408 e. The zero-order chi connectivity index (χ0) is 10.4. The first-order valence-corrected chi connectivity index (χ1v) is 4.07. The van der Waals surface area contributed by atoms with Crippen LogP contribution in [0.4, 0.5) is 4.79 Å². The van der Waals surface area contributed by atoms with Crippen molar-refractivity contribution in [1.29, 1.82) is 5.26 Å². The third-order valence-corrected chi connectivity index (χ3v) is 1.71. The Morgan fingerprint density at radius 1 is 1.50 bits per heavy atom. The lowest BCUT2D eigenvalue weighted by atomic mass is 10.1. The van der Waals surface area contributed by atoms with Gasteiger partial charge in [0.1, 0.15) is 6.04 Å². The number of carbonyl (C=O) groups is 1. The number of rotatable bonds is 2. The van der Waals surface area contributed by atoms with Gasteiger partial charge in [-0.05, 0) is 5.56 Å². The number of methoxy groups -OCH3 is 1. The second-order valence-corrected chi connectivity index (χ2v) is 2.61. The molecule has 4 heteroatoms. The topological polar surface area (TPSA) is 62.1 Å². The summed E-state index contributed by atoms with van der Waals surface area (Å²) in [7, 11) is 1.26. The standard InChI is InChI=1S/C10H10N2O2/c1-14-10(13)12-9(7-11)8-5-3-2-4-6-8/h2-6,9H,1H3,(H,12,13). The predicted octanol–water partition coefficient (Wildman–Crippen LogP) is 1.61. The maximum absolute atomic E-state index is 10.9. The lowest BCUT2D eigenvalue weighted by Gasteiger charge is -2.09. The highest BCUT2D eigenvalue weighted by atomic mass is 16.5. The Hall–Kier alpha value is -2.02. The van der Waals surface area contributed by atoms with E-state index in [1.54, 1.807) is 24.3 Å². The fourth-order valence-electron chi connectivity index (χ4n) is 1.01. The van der Waals surface area contributed by atoms with Crippen LogP contribution < -0.4 is 5.32 Å². The minimum absolute atomic E-state index is 0.611. The van der Waals surface area contributed by atoms with E-state index in [-0.39, 0.29) is 0 Å². The van der Waals surface area contributed by atoms with E-state index in [0.29, 0.717) is 0 Å². The van der Waals surface area contributed by atoms with E-state index in [2.05, 4.69) is 10.1 Å². The van der Waals surface area contributed by atoms with Crippen LogP contribution in [0, 0.1) is 11.3 Å². The molecule has 1 aromatic carbocycles. The molecule has 0 aromatic heterocycles. The van der Waals surface area contributed by atoms with E-state index in [1.807, 2.05) is 12.1 Å². The van der Waals surface area contributed by atoms with Gasteiger partial charge >= 0.3 is 6.09 Å². The van der Waals surface area contributed by atoms with Crippen molar-refractivity contribution in [2.75, 3.05) is 7.11 Å². The molecule has 14 heavy (non-hydrogen) atoms. The van der Waals surface area contributed by atoms with Crippen LogP contribution in [-0.4, -0.2) is 13.2 Å². The summed E-state index contributed by atoms with van der Waals surface area (Å²) < 4.78 is 4.40. The molecule has 0 aliphatic carbocycles. The van der Waals surface area contributed by atoms with Crippen molar-refractivity contribution in [2.45, 2.75) is 6.04 Å². The number of nitriles is 1. The first-order valence-electron chi connectivity index (χ1n) is 4.07. The molecule has 0 aliphatic heterocycles. The van der Waals surface area contributed by atoms with E-state index >= 15 is 0 Å². The Morgan fingerprint density at radius 2 is 2.14 bits per heavy atom. The number of amides is 1. The summed E-state index contributed by atoms with van der Waals surface area (Å²) in [6.45, 7) is 0. The van der Waals surface area contributed by atoms with E-state index in [0.717, 1.165) is 5.56 Å². The molecule has 1 rings (SSSR count). The molecule has 1 aromatic rings. The number of benzene rings is 1. The van der Waals surface area contributed by atoms with Crippen LogP contribution in [0.3, 0.4) is 0 Å². The highest BCUT2D eigenvalue weighted by molar-refractivity contribution is 5.68. The Balaban J connectivity index is 2.74. The maximum atomic E-state index is 10.9. The Bertz CT molecular complexity index is 343. The Labute approximate surface area is 82.1 Å². The largest absolute Gasteiger partial charge is 0.453 e. The van der Waals surface area contributed by atoms with Gasteiger partial charge in [-0.15, -0.1) is 0 Å². The van der Waals surface area contributed by atoms with Crippen LogP contribution in [-0.2, 0) is 4.74 Å². The quantitative estimate of drug-likeness (QED) is 0.770. The fourth-order valence-corrected chi connectivity index (χ4v) is 1.01. The highest BCUT2D eigenvalue weighted by Crippen LogP contribution is 2.10. The van der Waals surface area contributed by atoms with Crippen molar-refractivity contribution in [3.8, 4) is 6.07 Å².